The molecule has 0 radical (unpaired) electrons. The first-order valence-electron chi connectivity index (χ1n) is 12.5. The van der Waals surface area contributed by atoms with Gasteiger partial charge in [-0.05, 0) is 53.1 Å². The molecule has 2 rings (SSSR count). The van der Waals surface area contributed by atoms with Crippen LogP contribution >= 0.6 is 0 Å². The highest BCUT2D eigenvalue weighted by Gasteiger charge is 2.32. The van der Waals surface area contributed by atoms with E-state index in [9.17, 15) is 22.4 Å². The van der Waals surface area contributed by atoms with Crippen molar-refractivity contribution in [3.8, 4) is 0 Å². The minimum absolute atomic E-state index is 0.0350. The Balaban J connectivity index is 2.42. The summed E-state index contributed by atoms with van der Waals surface area (Å²) in [4.78, 5) is 28.1. The second-order valence-electron chi connectivity index (χ2n) is 10.8. The Morgan fingerprint density at radius 3 is 2.03 bits per heavy atom. The molecule has 2 amide bonds. The number of halogens is 1. The van der Waals surface area contributed by atoms with Crippen molar-refractivity contribution in [2.24, 2.45) is 5.92 Å². The number of sulfonamides is 1. The van der Waals surface area contributed by atoms with Gasteiger partial charge in [-0.3, -0.25) is 13.9 Å². The summed E-state index contributed by atoms with van der Waals surface area (Å²) in [5.41, 5.74) is 1.91. The van der Waals surface area contributed by atoms with E-state index in [0.29, 0.717) is 24.2 Å². The normalized spacial score (nSPS) is 12.8. The molecule has 0 aliphatic carbocycles. The third-order valence-electron chi connectivity index (χ3n) is 6.04. The van der Waals surface area contributed by atoms with Crippen LogP contribution in [-0.2, 0) is 31.6 Å². The number of rotatable bonds is 11. The number of carbonyl (C=O) groups is 2. The van der Waals surface area contributed by atoms with Crippen molar-refractivity contribution < 1.29 is 22.4 Å². The summed E-state index contributed by atoms with van der Waals surface area (Å²) in [6.45, 7) is 11.9. The van der Waals surface area contributed by atoms with Crippen molar-refractivity contribution in [3.05, 3.63) is 65.5 Å². The average Bonchev–Trinajstić information content (AvgIpc) is 2.81. The molecule has 2 aromatic rings. The largest absolute Gasteiger partial charge is 0.354 e. The molecule has 0 bridgehead atoms. The van der Waals surface area contributed by atoms with Crippen molar-refractivity contribution in [2.45, 2.75) is 66.0 Å². The van der Waals surface area contributed by atoms with Crippen LogP contribution in [0.4, 0.5) is 10.1 Å². The van der Waals surface area contributed by atoms with Gasteiger partial charge in [0.15, 0.2) is 0 Å². The number of hydrogen-bond acceptors (Lipinski definition) is 4. The SMILES string of the molecule is CC[C@H](C(=O)NCC(C)C)N(Cc1ccc(F)cc1)C(=O)CN(c1ccc(C(C)(C)C)cc1)S(C)(=O)=O. The molecular weight excluding hydrogens is 493 g/mol. The minimum atomic E-state index is -3.81. The predicted molar refractivity (Wildman–Crippen MR) is 146 cm³/mol. The molecule has 1 N–H and O–H groups in total. The predicted octanol–water partition coefficient (Wildman–Crippen LogP) is 4.47. The van der Waals surface area contributed by atoms with Gasteiger partial charge in [0, 0.05) is 13.1 Å². The van der Waals surface area contributed by atoms with E-state index in [0.717, 1.165) is 16.1 Å². The molecule has 0 aliphatic rings. The summed E-state index contributed by atoms with van der Waals surface area (Å²) in [5.74, 6) is -1.03. The summed E-state index contributed by atoms with van der Waals surface area (Å²) >= 11 is 0. The molecule has 0 heterocycles. The first-order valence-corrected chi connectivity index (χ1v) is 14.4. The van der Waals surface area contributed by atoms with Crippen LogP contribution in [0, 0.1) is 11.7 Å². The molecule has 0 spiro atoms. The van der Waals surface area contributed by atoms with Crippen LogP contribution in [0.25, 0.3) is 0 Å². The van der Waals surface area contributed by atoms with Crippen LogP contribution < -0.4 is 9.62 Å². The van der Waals surface area contributed by atoms with Crippen LogP contribution in [0.2, 0.25) is 0 Å². The van der Waals surface area contributed by atoms with E-state index in [1.54, 1.807) is 31.2 Å². The maximum Gasteiger partial charge on any atom is 0.244 e. The molecule has 204 valence electrons. The van der Waals surface area contributed by atoms with Crippen LogP contribution in [0.1, 0.15) is 59.1 Å². The highest BCUT2D eigenvalue weighted by atomic mass is 32.2. The van der Waals surface area contributed by atoms with Gasteiger partial charge in [0.2, 0.25) is 21.8 Å². The van der Waals surface area contributed by atoms with Gasteiger partial charge in [0.1, 0.15) is 18.4 Å². The molecule has 0 fully saturated rings. The zero-order valence-electron chi connectivity index (χ0n) is 22.9. The number of nitrogens with zero attached hydrogens (tertiary/aromatic N) is 2. The van der Waals surface area contributed by atoms with Gasteiger partial charge in [-0.2, -0.15) is 0 Å². The average molecular weight is 534 g/mol. The van der Waals surface area contributed by atoms with Crippen molar-refractivity contribution >= 4 is 27.5 Å². The molecular formula is C28H40FN3O4S. The van der Waals surface area contributed by atoms with Gasteiger partial charge in [-0.1, -0.05) is 65.8 Å². The lowest BCUT2D eigenvalue weighted by atomic mass is 9.87. The zero-order chi connectivity index (χ0) is 28.0. The Morgan fingerprint density at radius 1 is 1.00 bits per heavy atom. The maximum absolute atomic E-state index is 13.7. The summed E-state index contributed by atoms with van der Waals surface area (Å²) in [6.07, 6.45) is 1.38. The fourth-order valence-corrected chi connectivity index (χ4v) is 4.72. The molecule has 0 aromatic heterocycles. The van der Waals surface area contributed by atoms with Crippen LogP contribution in [0.3, 0.4) is 0 Å². The molecule has 9 heteroatoms. The Bertz CT molecular complexity index is 1160. The van der Waals surface area contributed by atoms with Crippen molar-refractivity contribution in [2.75, 3.05) is 23.7 Å². The van der Waals surface area contributed by atoms with E-state index in [1.807, 2.05) is 26.0 Å². The second-order valence-corrected chi connectivity index (χ2v) is 12.7. The minimum Gasteiger partial charge on any atom is -0.354 e. The van der Waals surface area contributed by atoms with Crippen LogP contribution in [-0.4, -0.2) is 50.5 Å². The number of hydrogen-bond donors (Lipinski definition) is 1. The van der Waals surface area contributed by atoms with Gasteiger partial charge in [-0.25, -0.2) is 12.8 Å². The number of nitrogens with one attached hydrogen (secondary N) is 1. The van der Waals surface area contributed by atoms with Crippen LogP contribution in [0.5, 0.6) is 0 Å². The highest BCUT2D eigenvalue weighted by molar-refractivity contribution is 7.92. The Morgan fingerprint density at radius 2 is 1.57 bits per heavy atom. The lowest BCUT2D eigenvalue weighted by molar-refractivity contribution is -0.140. The summed E-state index contributed by atoms with van der Waals surface area (Å²) in [7, 11) is -3.81. The first kappa shape index (κ1) is 30.3. The van der Waals surface area contributed by atoms with E-state index >= 15 is 0 Å². The summed E-state index contributed by atoms with van der Waals surface area (Å²) in [6, 6.07) is 11.9. The molecule has 0 saturated carbocycles. The lowest BCUT2D eigenvalue weighted by Crippen LogP contribution is -2.52. The van der Waals surface area contributed by atoms with Gasteiger partial charge in [-0.15, -0.1) is 0 Å². The number of amides is 2. The second kappa shape index (κ2) is 12.5. The van der Waals surface area contributed by atoms with E-state index in [-0.39, 0.29) is 23.8 Å². The first-order chi connectivity index (χ1) is 17.1. The van der Waals surface area contributed by atoms with Gasteiger partial charge < -0.3 is 10.2 Å². The summed E-state index contributed by atoms with van der Waals surface area (Å²) < 4.78 is 40.0. The fourth-order valence-electron chi connectivity index (χ4n) is 3.87. The molecule has 1 atom stereocenters. The monoisotopic (exact) mass is 533 g/mol. The number of anilines is 1. The van der Waals surface area contributed by atoms with Gasteiger partial charge in [0.25, 0.3) is 0 Å². The molecule has 0 aliphatic heterocycles. The molecule has 7 nitrogen and oxygen atoms in total. The topological polar surface area (TPSA) is 86.8 Å². The van der Waals surface area contributed by atoms with E-state index in [2.05, 4.69) is 26.1 Å². The Hall–Kier alpha value is -2.94. The van der Waals surface area contributed by atoms with Crippen LogP contribution in [0.15, 0.2) is 48.5 Å². The fraction of sp³-hybridized carbons (Fsp3) is 0.500. The smallest absolute Gasteiger partial charge is 0.244 e. The van der Waals surface area contributed by atoms with E-state index in [1.165, 1.54) is 17.0 Å². The van der Waals surface area contributed by atoms with E-state index in [4.69, 9.17) is 0 Å². The third-order valence-corrected chi connectivity index (χ3v) is 7.18. The Labute approximate surface area is 221 Å². The molecule has 2 aromatic carbocycles. The van der Waals surface area contributed by atoms with Crippen molar-refractivity contribution in [1.29, 1.82) is 0 Å². The molecule has 0 unspecified atom stereocenters. The standard InChI is InChI=1S/C28H40FN3O4S/c1-8-25(27(34)30-17-20(2)3)31(18-21-9-13-23(29)14-10-21)26(33)19-32(37(7,35)36)24-15-11-22(12-16-24)28(4,5)6/h9-16,20,25H,8,17-19H2,1-7H3,(H,30,34)/t25-/m1/s1. The zero-order valence-corrected chi connectivity index (χ0v) is 23.7. The van der Waals surface area contributed by atoms with Gasteiger partial charge >= 0.3 is 0 Å². The van der Waals surface area contributed by atoms with E-state index < -0.39 is 34.3 Å². The maximum atomic E-state index is 13.7. The van der Waals surface area contributed by atoms with Gasteiger partial charge in [0.05, 0.1) is 11.9 Å². The molecule has 37 heavy (non-hydrogen) atoms. The van der Waals surface area contributed by atoms with Crippen molar-refractivity contribution in [3.63, 3.8) is 0 Å². The number of benzene rings is 2. The summed E-state index contributed by atoms with van der Waals surface area (Å²) in [5, 5.41) is 2.87. The number of carbonyl (C=O) groups excluding carboxylic acids is 2. The Kier molecular flexibility index (Phi) is 10.3. The van der Waals surface area contributed by atoms with Crippen molar-refractivity contribution in [1.82, 2.24) is 10.2 Å². The highest BCUT2D eigenvalue weighted by Crippen LogP contribution is 2.26. The quantitative estimate of drug-likeness (QED) is 0.462. The molecule has 0 saturated heterocycles. The third kappa shape index (κ3) is 8.84. The lowest BCUT2D eigenvalue weighted by Gasteiger charge is -2.33.